The standard InChI is InChI=1S/C14H30N2O2/c1-7-15(8-2)11-10-12-16(9-3)13(17)14(4,5)18-6/h7-12H2,1-6H3. The molecule has 1 amide bonds. The van der Waals surface area contributed by atoms with E-state index in [1.807, 2.05) is 25.7 Å². The Morgan fingerprint density at radius 1 is 1.06 bits per heavy atom. The fourth-order valence-electron chi connectivity index (χ4n) is 1.90. The van der Waals surface area contributed by atoms with Gasteiger partial charge in [0, 0.05) is 20.2 Å². The molecule has 4 nitrogen and oxygen atoms in total. The lowest BCUT2D eigenvalue weighted by molar-refractivity contribution is -0.150. The lowest BCUT2D eigenvalue weighted by Gasteiger charge is -2.30. The summed E-state index contributed by atoms with van der Waals surface area (Å²) in [5.41, 5.74) is -0.717. The van der Waals surface area contributed by atoms with Crippen molar-refractivity contribution in [3.63, 3.8) is 0 Å². The molecule has 0 heterocycles. The molecule has 0 saturated heterocycles. The summed E-state index contributed by atoms with van der Waals surface area (Å²) in [6.45, 7) is 14.7. The van der Waals surface area contributed by atoms with Crippen molar-refractivity contribution in [3.8, 4) is 0 Å². The van der Waals surface area contributed by atoms with Crippen LogP contribution in [0.4, 0.5) is 0 Å². The van der Waals surface area contributed by atoms with E-state index in [1.54, 1.807) is 7.11 Å². The van der Waals surface area contributed by atoms with Gasteiger partial charge in [-0.25, -0.2) is 0 Å². The zero-order valence-electron chi connectivity index (χ0n) is 13.0. The van der Waals surface area contributed by atoms with Crippen molar-refractivity contribution in [2.45, 2.75) is 46.6 Å². The molecule has 0 aromatic rings. The predicted molar refractivity (Wildman–Crippen MR) is 75.7 cm³/mol. The topological polar surface area (TPSA) is 32.8 Å². The van der Waals surface area contributed by atoms with Gasteiger partial charge in [0.15, 0.2) is 0 Å². The molecule has 0 spiro atoms. The van der Waals surface area contributed by atoms with Gasteiger partial charge in [0.1, 0.15) is 5.60 Å². The van der Waals surface area contributed by atoms with Crippen molar-refractivity contribution in [1.82, 2.24) is 9.80 Å². The lowest BCUT2D eigenvalue weighted by atomic mass is 10.1. The van der Waals surface area contributed by atoms with Gasteiger partial charge >= 0.3 is 0 Å². The van der Waals surface area contributed by atoms with E-state index in [9.17, 15) is 4.79 Å². The van der Waals surface area contributed by atoms with E-state index in [-0.39, 0.29) is 5.91 Å². The summed E-state index contributed by atoms with van der Waals surface area (Å²) in [6, 6.07) is 0. The molecule has 18 heavy (non-hydrogen) atoms. The summed E-state index contributed by atoms with van der Waals surface area (Å²) in [6.07, 6.45) is 1.01. The number of rotatable bonds is 9. The molecule has 0 unspecified atom stereocenters. The Hall–Kier alpha value is -0.610. The van der Waals surface area contributed by atoms with Crippen molar-refractivity contribution in [2.24, 2.45) is 0 Å². The Kier molecular flexibility index (Phi) is 8.20. The van der Waals surface area contributed by atoms with E-state index in [0.717, 1.165) is 39.1 Å². The van der Waals surface area contributed by atoms with Crippen LogP contribution >= 0.6 is 0 Å². The van der Waals surface area contributed by atoms with Crippen LogP contribution in [0.1, 0.15) is 41.0 Å². The van der Waals surface area contributed by atoms with Crippen LogP contribution in [-0.2, 0) is 9.53 Å². The Bertz CT molecular complexity index is 238. The molecule has 0 aromatic heterocycles. The second-order valence-electron chi connectivity index (χ2n) is 4.98. The molecule has 0 fully saturated rings. The normalized spacial score (nSPS) is 11.9. The summed E-state index contributed by atoms with van der Waals surface area (Å²) in [5.74, 6) is 0.0760. The van der Waals surface area contributed by atoms with Gasteiger partial charge in [-0.05, 0) is 46.8 Å². The summed E-state index contributed by atoms with van der Waals surface area (Å²) >= 11 is 0. The quantitative estimate of drug-likeness (QED) is 0.634. The molecule has 0 aliphatic heterocycles. The van der Waals surface area contributed by atoms with Crippen LogP contribution < -0.4 is 0 Å². The molecule has 0 N–H and O–H groups in total. The van der Waals surface area contributed by atoms with Crippen molar-refractivity contribution in [1.29, 1.82) is 0 Å². The first kappa shape index (κ1) is 17.4. The minimum absolute atomic E-state index is 0.0760. The molecule has 0 aromatic carbocycles. The summed E-state index contributed by atoms with van der Waals surface area (Å²) < 4.78 is 5.25. The number of hydrogen-bond acceptors (Lipinski definition) is 3. The van der Waals surface area contributed by atoms with E-state index in [0.29, 0.717) is 0 Å². The number of likely N-dealkylation sites (N-methyl/N-ethyl adjacent to an activating group) is 1. The number of hydrogen-bond donors (Lipinski definition) is 0. The second kappa shape index (κ2) is 8.48. The fourth-order valence-corrected chi connectivity index (χ4v) is 1.90. The van der Waals surface area contributed by atoms with Gasteiger partial charge in [-0.3, -0.25) is 4.79 Å². The highest BCUT2D eigenvalue weighted by atomic mass is 16.5. The van der Waals surface area contributed by atoms with E-state index < -0.39 is 5.60 Å². The van der Waals surface area contributed by atoms with Crippen LogP contribution in [0.3, 0.4) is 0 Å². The van der Waals surface area contributed by atoms with E-state index in [1.165, 1.54) is 0 Å². The predicted octanol–water partition coefficient (Wildman–Crippen LogP) is 1.99. The maximum Gasteiger partial charge on any atom is 0.254 e. The number of carbonyl (C=O) groups excluding carboxylic acids is 1. The first-order valence-electron chi connectivity index (χ1n) is 6.99. The smallest absolute Gasteiger partial charge is 0.254 e. The zero-order valence-corrected chi connectivity index (χ0v) is 13.0. The second-order valence-corrected chi connectivity index (χ2v) is 4.98. The summed E-state index contributed by atoms with van der Waals surface area (Å²) in [7, 11) is 1.58. The third-order valence-electron chi connectivity index (χ3n) is 3.49. The number of nitrogens with zero attached hydrogens (tertiary/aromatic N) is 2. The summed E-state index contributed by atoms with van der Waals surface area (Å²) in [4.78, 5) is 16.5. The van der Waals surface area contributed by atoms with Crippen LogP contribution in [-0.4, -0.2) is 61.1 Å². The van der Waals surface area contributed by atoms with Gasteiger partial charge in [0.2, 0.25) is 0 Å². The highest BCUT2D eigenvalue weighted by molar-refractivity contribution is 5.84. The molecular weight excluding hydrogens is 228 g/mol. The number of amides is 1. The number of carbonyl (C=O) groups is 1. The van der Waals surface area contributed by atoms with Crippen LogP contribution in [0.2, 0.25) is 0 Å². The maximum atomic E-state index is 12.2. The van der Waals surface area contributed by atoms with Gasteiger partial charge in [-0.15, -0.1) is 0 Å². The van der Waals surface area contributed by atoms with Crippen LogP contribution in [0, 0.1) is 0 Å². The first-order valence-corrected chi connectivity index (χ1v) is 6.99. The highest BCUT2D eigenvalue weighted by Crippen LogP contribution is 2.12. The average molecular weight is 258 g/mol. The Labute approximate surface area is 112 Å². The van der Waals surface area contributed by atoms with Gasteiger partial charge in [0.05, 0.1) is 0 Å². The number of ether oxygens (including phenoxy) is 1. The Morgan fingerprint density at radius 3 is 2.00 bits per heavy atom. The van der Waals surface area contributed by atoms with Crippen molar-refractivity contribution in [3.05, 3.63) is 0 Å². The van der Waals surface area contributed by atoms with E-state index >= 15 is 0 Å². The summed E-state index contributed by atoms with van der Waals surface area (Å²) in [5, 5.41) is 0. The molecular formula is C14H30N2O2. The van der Waals surface area contributed by atoms with Gasteiger partial charge in [-0.2, -0.15) is 0 Å². The molecule has 4 heteroatoms. The Morgan fingerprint density at radius 2 is 1.61 bits per heavy atom. The lowest BCUT2D eigenvalue weighted by Crippen LogP contribution is -2.47. The van der Waals surface area contributed by atoms with E-state index in [4.69, 9.17) is 4.74 Å². The van der Waals surface area contributed by atoms with Gasteiger partial charge in [-0.1, -0.05) is 13.8 Å². The average Bonchev–Trinajstić information content (AvgIpc) is 2.38. The minimum atomic E-state index is -0.717. The molecule has 0 radical (unpaired) electrons. The fraction of sp³-hybridized carbons (Fsp3) is 0.929. The molecule has 0 aliphatic rings. The first-order chi connectivity index (χ1) is 8.42. The van der Waals surface area contributed by atoms with Crippen LogP contribution in [0.25, 0.3) is 0 Å². The van der Waals surface area contributed by atoms with Gasteiger partial charge in [0.25, 0.3) is 5.91 Å². The van der Waals surface area contributed by atoms with Crippen LogP contribution in [0.15, 0.2) is 0 Å². The molecule has 108 valence electrons. The largest absolute Gasteiger partial charge is 0.369 e. The highest BCUT2D eigenvalue weighted by Gasteiger charge is 2.30. The molecule has 0 aliphatic carbocycles. The van der Waals surface area contributed by atoms with Crippen molar-refractivity contribution in [2.75, 3.05) is 39.8 Å². The monoisotopic (exact) mass is 258 g/mol. The molecule has 0 saturated carbocycles. The number of methoxy groups -OCH3 is 1. The molecule has 0 bridgehead atoms. The Balaban J connectivity index is 4.24. The van der Waals surface area contributed by atoms with Crippen molar-refractivity contribution < 1.29 is 9.53 Å². The third-order valence-corrected chi connectivity index (χ3v) is 3.49. The zero-order chi connectivity index (χ0) is 14.2. The molecule has 0 atom stereocenters. The minimum Gasteiger partial charge on any atom is -0.369 e. The maximum absolute atomic E-state index is 12.2. The molecule has 0 rings (SSSR count). The van der Waals surface area contributed by atoms with Crippen molar-refractivity contribution >= 4 is 5.91 Å². The van der Waals surface area contributed by atoms with Crippen LogP contribution in [0.5, 0.6) is 0 Å². The SMILES string of the molecule is CCN(CC)CCCN(CC)C(=O)C(C)(C)OC. The van der Waals surface area contributed by atoms with E-state index in [2.05, 4.69) is 18.7 Å². The third kappa shape index (κ3) is 5.36. The van der Waals surface area contributed by atoms with Gasteiger partial charge < -0.3 is 14.5 Å².